The van der Waals surface area contributed by atoms with Gasteiger partial charge in [0.2, 0.25) is 0 Å². The van der Waals surface area contributed by atoms with Gasteiger partial charge in [0, 0.05) is 6.20 Å². The summed E-state index contributed by atoms with van der Waals surface area (Å²) in [6.07, 6.45) is 1.28. The number of nitrogens with zero attached hydrogens (tertiary/aromatic N) is 2. The molecule has 0 spiro atoms. The number of sulfonamides is 1. The second-order valence-electron chi connectivity index (χ2n) is 2.89. The number of imide groups is 1. The van der Waals surface area contributed by atoms with Gasteiger partial charge < -0.3 is 0 Å². The Balaban J connectivity index is 2.48. The number of thioether (sulfide) groups is 1. The number of rotatable bonds is 2. The van der Waals surface area contributed by atoms with E-state index in [1.54, 1.807) is 6.07 Å². The molecule has 2 rings (SSSR count). The summed E-state index contributed by atoms with van der Waals surface area (Å²) >= 11 is 0.666. The van der Waals surface area contributed by atoms with E-state index in [1.807, 2.05) is 0 Å². The Morgan fingerprint density at radius 1 is 1.31 bits per heavy atom. The molecule has 0 N–H and O–H groups in total. The Hall–Kier alpha value is -1.41. The Labute approximate surface area is 95.7 Å². The summed E-state index contributed by atoms with van der Waals surface area (Å²) in [4.78, 5) is 26.2. The Morgan fingerprint density at radius 3 is 2.56 bits per heavy atom. The standard InChI is InChI=1S/C8H6N2O4S2/c11-7-5-15-8(12)10(7)16(13,14)6-3-1-2-4-9-6/h1-4H,5H2. The van der Waals surface area contributed by atoms with Crippen molar-refractivity contribution in [1.82, 2.24) is 9.29 Å². The van der Waals surface area contributed by atoms with Gasteiger partial charge in [0.15, 0.2) is 5.03 Å². The SMILES string of the molecule is O=C1CSC(=O)N1S(=O)(=O)c1ccccn1. The van der Waals surface area contributed by atoms with E-state index in [4.69, 9.17) is 0 Å². The molecule has 1 aromatic rings. The first-order valence-electron chi connectivity index (χ1n) is 4.19. The first-order chi connectivity index (χ1) is 7.53. The summed E-state index contributed by atoms with van der Waals surface area (Å²) in [6.45, 7) is 0. The molecule has 1 aliphatic heterocycles. The molecular formula is C8H6N2O4S2. The van der Waals surface area contributed by atoms with E-state index >= 15 is 0 Å². The van der Waals surface area contributed by atoms with Gasteiger partial charge in [-0.3, -0.25) is 9.59 Å². The fourth-order valence-electron chi connectivity index (χ4n) is 1.17. The third-order valence-corrected chi connectivity index (χ3v) is 4.41. The van der Waals surface area contributed by atoms with Crippen LogP contribution in [0.5, 0.6) is 0 Å². The van der Waals surface area contributed by atoms with Crippen molar-refractivity contribution in [1.29, 1.82) is 0 Å². The van der Waals surface area contributed by atoms with E-state index in [-0.39, 0.29) is 15.1 Å². The molecule has 1 fully saturated rings. The molecule has 0 saturated carbocycles. The van der Waals surface area contributed by atoms with Crippen molar-refractivity contribution in [3.63, 3.8) is 0 Å². The van der Waals surface area contributed by atoms with Crippen LogP contribution in [0.4, 0.5) is 4.79 Å². The van der Waals surface area contributed by atoms with Crippen molar-refractivity contribution in [2.24, 2.45) is 0 Å². The van der Waals surface area contributed by atoms with Crippen LogP contribution in [0, 0.1) is 0 Å². The van der Waals surface area contributed by atoms with E-state index in [0.717, 1.165) is 0 Å². The zero-order valence-electron chi connectivity index (χ0n) is 7.86. The van der Waals surface area contributed by atoms with Gasteiger partial charge in [0.1, 0.15) is 0 Å². The van der Waals surface area contributed by atoms with Gasteiger partial charge in [0.25, 0.3) is 15.9 Å². The maximum absolute atomic E-state index is 11.9. The van der Waals surface area contributed by atoms with Crippen molar-refractivity contribution < 1.29 is 18.0 Å². The molecule has 0 aromatic carbocycles. The molecule has 84 valence electrons. The molecule has 0 aliphatic carbocycles. The third kappa shape index (κ3) is 1.69. The van der Waals surface area contributed by atoms with Crippen molar-refractivity contribution in [2.45, 2.75) is 5.03 Å². The molecule has 8 heteroatoms. The van der Waals surface area contributed by atoms with Crippen LogP contribution in [0.15, 0.2) is 29.4 Å². The highest BCUT2D eigenvalue weighted by atomic mass is 32.2. The van der Waals surface area contributed by atoms with E-state index in [0.29, 0.717) is 11.8 Å². The van der Waals surface area contributed by atoms with Gasteiger partial charge in [0.05, 0.1) is 5.75 Å². The largest absolute Gasteiger partial charge is 0.303 e. The molecule has 1 saturated heterocycles. The first kappa shape index (κ1) is 11.1. The van der Waals surface area contributed by atoms with Gasteiger partial charge in [-0.05, 0) is 12.1 Å². The molecular weight excluding hydrogens is 252 g/mol. The topological polar surface area (TPSA) is 84.4 Å². The highest BCUT2D eigenvalue weighted by Gasteiger charge is 2.41. The van der Waals surface area contributed by atoms with Crippen LogP contribution < -0.4 is 0 Å². The number of amides is 2. The van der Waals surface area contributed by atoms with Crippen LogP contribution in [-0.2, 0) is 14.8 Å². The first-order valence-corrected chi connectivity index (χ1v) is 6.62. The summed E-state index contributed by atoms with van der Waals surface area (Å²) < 4.78 is 24.0. The van der Waals surface area contributed by atoms with Gasteiger partial charge in [-0.2, -0.15) is 12.7 Å². The highest BCUT2D eigenvalue weighted by Crippen LogP contribution is 2.25. The predicted octanol–water partition coefficient (Wildman–Crippen LogP) is 0.466. The van der Waals surface area contributed by atoms with Crippen LogP contribution in [-0.4, -0.2) is 34.6 Å². The van der Waals surface area contributed by atoms with Crippen LogP contribution in [0.3, 0.4) is 0 Å². The fraction of sp³-hybridized carbons (Fsp3) is 0.125. The molecule has 2 heterocycles. The normalized spacial score (nSPS) is 16.9. The summed E-state index contributed by atoms with van der Waals surface area (Å²) in [7, 11) is -4.13. The molecule has 2 amide bonds. The molecule has 16 heavy (non-hydrogen) atoms. The molecule has 0 unspecified atom stereocenters. The van der Waals surface area contributed by atoms with Gasteiger partial charge in [-0.1, -0.05) is 17.8 Å². The molecule has 0 bridgehead atoms. The number of carbonyl (C=O) groups is 2. The molecule has 6 nitrogen and oxygen atoms in total. The molecule has 0 atom stereocenters. The summed E-state index contributed by atoms with van der Waals surface area (Å²) in [5.41, 5.74) is 0. The third-order valence-electron chi connectivity index (χ3n) is 1.85. The number of hydrogen-bond acceptors (Lipinski definition) is 6. The van der Waals surface area contributed by atoms with E-state index in [9.17, 15) is 18.0 Å². The summed E-state index contributed by atoms with van der Waals surface area (Å²) in [6, 6.07) is 4.25. The second-order valence-corrected chi connectivity index (χ2v) is 5.55. The van der Waals surface area contributed by atoms with Gasteiger partial charge >= 0.3 is 5.24 Å². The average Bonchev–Trinajstić information content (AvgIpc) is 2.60. The zero-order valence-corrected chi connectivity index (χ0v) is 9.49. The lowest BCUT2D eigenvalue weighted by Gasteiger charge is -2.11. The minimum atomic E-state index is -4.13. The van der Waals surface area contributed by atoms with Gasteiger partial charge in [-0.25, -0.2) is 4.98 Å². The van der Waals surface area contributed by atoms with Crippen molar-refractivity contribution in [2.75, 3.05) is 5.75 Å². The maximum atomic E-state index is 11.9. The second kappa shape index (κ2) is 3.87. The van der Waals surface area contributed by atoms with Crippen LogP contribution in [0.1, 0.15) is 0 Å². The Kier molecular flexibility index (Phi) is 2.68. The number of carbonyl (C=O) groups excluding carboxylic acids is 2. The lowest BCUT2D eigenvalue weighted by molar-refractivity contribution is -0.121. The summed E-state index contributed by atoms with van der Waals surface area (Å²) in [5, 5.41) is -1.09. The Morgan fingerprint density at radius 2 is 2.06 bits per heavy atom. The molecule has 1 aromatic heterocycles. The van der Waals surface area contributed by atoms with E-state index in [2.05, 4.69) is 4.98 Å². The van der Waals surface area contributed by atoms with Crippen LogP contribution in [0.25, 0.3) is 0 Å². The smallest absolute Gasteiger partial charge is 0.272 e. The molecule has 0 radical (unpaired) electrons. The van der Waals surface area contributed by atoms with Crippen LogP contribution in [0.2, 0.25) is 0 Å². The average molecular weight is 258 g/mol. The Bertz CT molecular complexity index is 524. The monoisotopic (exact) mass is 258 g/mol. The number of hydrogen-bond donors (Lipinski definition) is 0. The van der Waals surface area contributed by atoms with Gasteiger partial charge in [-0.15, -0.1) is 0 Å². The lowest BCUT2D eigenvalue weighted by Crippen LogP contribution is -2.35. The lowest BCUT2D eigenvalue weighted by atomic mass is 10.5. The number of aromatic nitrogens is 1. The maximum Gasteiger partial charge on any atom is 0.303 e. The van der Waals surface area contributed by atoms with Crippen molar-refractivity contribution in [3.05, 3.63) is 24.4 Å². The minimum Gasteiger partial charge on any atom is -0.272 e. The summed E-state index contributed by atoms with van der Waals surface area (Å²) in [5.74, 6) is -0.883. The molecule has 1 aliphatic rings. The fourth-order valence-corrected chi connectivity index (χ4v) is 3.46. The van der Waals surface area contributed by atoms with E-state index in [1.165, 1.54) is 18.3 Å². The minimum absolute atomic E-state index is 0.148. The van der Waals surface area contributed by atoms with Crippen molar-refractivity contribution in [3.8, 4) is 0 Å². The number of pyridine rings is 1. The quantitative estimate of drug-likeness (QED) is 0.766. The van der Waals surface area contributed by atoms with Crippen LogP contribution >= 0.6 is 11.8 Å². The predicted molar refractivity (Wildman–Crippen MR) is 56.1 cm³/mol. The van der Waals surface area contributed by atoms with Crippen molar-refractivity contribution >= 4 is 32.9 Å². The van der Waals surface area contributed by atoms with E-state index < -0.39 is 21.2 Å². The highest BCUT2D eigenvalue weighted by molar-refractivity contribution is 8.16. The zero-order chi connectivity index (χ0) is 11.8.